The highest BCUT2D eigenvalue weighted by Crippen LogP contribution is 2.48. The van der Waals surface area contributed by atoms with E-state index in [2.05, 4.69) is 9.89 Å². The highest BCUT2D eigenvalue weighted by molar-refractivity contribution is 7.86. The van der Waals surface area contributed by atoms with Crippen LogP contribution in [0, 0.1) is 5.41 Å². The number of fused-ring (bicyclic) bond motifs is 1. The third-order valence-electron chi connectivity index (χ3n) is 10.4. The number of hydrogen-bond donors (Lipinski definition) is 2. The monoisotopic (exact) mass is 871 g/mol. The van der Waals surface area contributed by atoms with Crippen molar-refractivity contribution in [3.63, 3.8) is 0 Å². The summed E-state index contributed by atoms with van der Waals surface area (Å²) in [6.45, 7) is 10.00. The molecule has 0 saturated carbocycles. The molecule has 3 amide bonds. The Bertz CT molecular complexity index is 2300. The summed E-state index contributed by atoms with van der Waals surface area (Å²) in [5.74, 6) is -2.31. The van der Waals surface area contributed by atoms with Crippen molar-refractivity contribution in [2.75, 3.05) is 37.9 Å². The number of carbonyl (C=O) groups excluding carboxylic acids is 4. The van der Waals surface area contributed by atoms with Gasteiger partial charge in [-0.1, -0.05) is 58.4 Å². The number of anilines is 1. The van der Waals surface area contributed by atoms with E-state index in [1.807, 2.05) is 39.8 Å². The van der Waals surface area contributed by atoms with Gasteiger partial charge in [0, 0.05) is 72.8 Å². The van der Waals surface area contributed by atoms with E-state index in [4.69, 9.17) is 14.7 Å². The summed E-state index contributed by atoms with van der Waals surface area (Å²) < 4.78 is 65.7. The van der Waals surface area contributed by atoms with Gasteiger partial charge in [0.2, 0.25) is 0 Å². The minimum absolute atomic E-state index is 0.00908. The van der Waals surface area contributed by atoms with E-state index < -0.39 is 60.5 Å². The van der Waals surface area contributed by atoms with E-state index in [0.29, 0.717) is 59.1 Å². The van der Waals surface area contributed by atoms with E-state index in [1.54, 1.807) is 43.4 Å². The second-order valence-electron chi connectivity index (χ2n) is 15.3. The third-order valence-corrected chi connectivity index (χ3v) is 12.0. The first-order chi connectivity index (χ1) is 28.0. The number of hydrogen-bond acceptors (Lipinski definition) is 12. The largest absolute Gasteiger partial charge is 0.344 e. The standard InChI is InChI=1S/C41H53N5O12S2/c1-8-28(39(50)44(6)57-7)26-31-38(42-23-15-25-59(51,52)53)43-33(40(31,2)3)16-11-9-12-17-34-41(4,5)30-27-29(60(54,55)56)19-20-32(30)45(34)24-14-10-13-18-37(49)58-46-35(47)21-22-36(46)48/h8-9,11-12,16-17,19-20,26-27H,10,13-15,18,21-25H2,1-7H3,(H,51,52,53)(H,54,55,56)/b12-9+,16-11+,28-8+,31-26+,34-17+,42-38-. The summed E-state index contributed by atoms with van der Waals surface area (Å²) in [7, 11) is -5.80. The number of unbranched alkanes of at least 4 members (excludes halogenated alkanes) is 2. The fourth-order valence-corrected chi connectivity index (χ4v) is 7.90. The molecule has 3 aliphatic rings. The Balaban J connectivity index is 1.57. The quantitative estimate of drug-likeness (QED) is 0.0481. The van der Waals surface area contributed by atoms with Crippen LogP contribution in [0.4, 0.5) is 5.69 Å². The number of aliphatic imine (C=N–C) groups is 2. The van der Waals surface area contributed by atoms with Gasteiger partial charge < -0.3 is 9.74 Å². The highest BCUT2D eigenvalue weighted by Gasteiger charge is 2.41. The van der Waals surface area contributed by atoms with E-state index in [-0.39, 0.29) is 37.1 Å². The van der Waals surface area contributed by atoms with Crippen LogP contribution < -0.4 is 4.90 Å². The smallest absolute Gasteiger partial charge is 0.333 e. The SMILES string of the molecule is C\C=C(/C=C1\C(=N\CCCS(=O)(=O)O)N=C(/C=C/C=C/C=C2/N(CCCCCC(=O)ON3C(=O)CCC3=O)c3ccc(S(=O)(=O)O)cc3C2(C)C)C1(C)C)C(=O)N(C)OC. The maximum absolute atomic E-state index is 13.0. The van der Waals surface area contributed by atoms with Crippen molar-refractivity contribution in [3.05, 3.63) is 83.1 Å². The third kappa shape index (κ3) is 11.6. The van der Waals surface area contributed by atoms with Crippen LogP contribution in [-0.2, 0) is 54.5 Å². The molecule has 0 aromatic heterocycles. The van der Waals surface area contributed by atoms with E-state index >= 15 is 0 Å². The van der Waals surface area contributed by atoms with E-state index in [1.165, 1.54) is 26.3 Å². The number of carbonyl (C=O) groups is 4. The highest BCUT2D eigenvalue weighted by atomic mass is 32.2. The molecule has 2 N–H and O–H groups in total. The second kappa shape index (κ2) is 19.5. The van der Waals surface area contributed by atoms with Gasteiger partial charge in [-0.3, -0.25) is 33.3 Å². The molecule has 17 nitrogen and oxygen atoms in total. The van der Waals surface area contributed by atoms with E-state index in [9.17, 15) is 45.1 Å². The summed E-state index contributed by atoms with van der Waals surface area (Å²) >= 11 is 0. The van der Waals surface area contributed by atoms with Gasteiger partial charge in [0.15, 0.2) is 5.84 Å². The van der Waals surface area contributed by atoms with Gasteiger partial charge >= 0.3 is 5.97 Å². The van der Waals surface area contributed by atoms with Gasteiger partial charge in [-0.15, -0.1) is 5.06 Å². The Morgan fingerprint density at radius 1 is 0.967 bits per heavy atom. The predicted octanol–water partition coefficient (Wildman–Crippen LogP) is 5.24. The summed E-state index contributed by atoms with van der Waals surface area (Å²) in [5, 5.41) is 1.61. The van der Waals surface area contributed by atoms with Crippen molar-refractivity contribution in [3.8, 4) is 0 Å². The average molecular weight is 872 g/mol. The summed E-state index contributed by atoms with van der Waals surface area (Å²) in [6.07, 6.45) is 14.2. The van der Waals surface area contributed by atoms with Gasteiger partial charge in [-0.05, 0) is 68.2 Å². The van der Waals surface area contributed by atoms with Crippen molar-refractivity contribution in [1.82, 2.24) is 10.1 Å². The molecule has 1 saturated heterocycles. The molecular formula is C41H53N5O12S2. The lowest BCUT2D eigenvalue weighted by atomic mass is 9.80. The van der Waals surface area contributed by atoms with Crippen LogP contribution in [-0.4, -0.2) is 104 Å². The summed E-state index contributed by atoms with van der Waals surface area (Å²) in [4.78, 5) is 70.1. The Labute approximate surface area is 351 Å². The normalized spacial score (nSPS) is 20.1. The lowest BCUT2D eigenvalue weighted by Gasteiger charge is -2.27. The molecule has 0 unspecified atom stereocenters. The molecule has 1 aromatic rings. The van der Waals surface area contributed by atoms with Gasteiger partial charge in [-0.25, -0.2) is 14.9 Å². The average Bonchev–Trinajstić information content (AvgIpc) is 3.69. The molecule has 0 bridgehead atoms. The van der Waals surface area contributed by atoms with E-state index in [0.717, 1.165) is 16.4 Å². The van der Waals surface area contributed by atoms with Crippen LogP contribution >= 0.6 is 0 Å². The molecule has 1 aromatic carbocycles. The number of hydroxylamine groups is 4. The Morgan fingerprint density at radius 3 is 2.27 bits per heavy atom. The lowest BCUT2D eigenvalue weighted by Crippen LogP contribution is -2.32. The minimum Gasteiger partial charge on any atom is -0.344 e. The number of benzene rings is 1. The topological polar surface area (TPSA) is 230 Å². The van der Waals surface area contributed by atoms with Gasteiger partial charge in [-0.2, -0.15) is 16.8 Å². The minimum atomic E-state index is -4.47. The van der Waals surface area contributed by atoms with Crippen molar-refractivity contribution >= 4 is 61.2 Å². The molecule has 4 rings (SSSR count). The fourth-order valence-electron chi connectivity index (χ4n) is 6.90. The van der Waals surface area contributed by atoms with Crippen molar-refractivity contribution in [1.29, 1.82) is 0 Å². The first kappa shape index (κ1) is 47.6. The first-order valence-electron chi connectivity index (χ1n) is 19.3. The molecule has 326 valence electrons. The zero-order valence-corrected chi connectivity index (χ0v) is 36.5. The first-order valence-corrected chi connectivity index (χ1v) is 22.4. The van der Waals surface area contributed by atoms with Crippen molar-refractivity contribution < 1.29 is 54.8 Å². The number of rotatable bonds is 18. The molecule has 0 spiro atoms. The van der Waals surface area contributed by atoms with Crippen LogP contribution in [0.15, 0.2) is 92.5 Å². The molecule has 60 heavy (non-hydrogen) atoms. The number of amidine groups is 1. The number of imide groups is 1. The second-order valence-corrected chi connectivity index (χ2v) is 18.3. The Kier molecular flexibility index (Phi) is 15.5. The number of allylic oxidation sites excluding steroid dienone is 7. The molecule has 3 heterocycles. The lowest BCUT2D eigenvalue weighted by molar-refractivity contribution is -0.197. The summed E-state index contributed by atoms with van der Waals surface area (Å²) in [6, 6.07) is 4.46. The molecule has 0 atom stereocenters. The maximum atomic E-state index is 13.0. The zero-order chi connectivity index (χ0) is 44.6. The number of nitrogens with zero attached hydrogens (tertiary/aromatic N) is 5. The van der Waals surface area contributed by atoms with Crippen LogP contribution in [0.1, 0.15) is 85.1 Å². The van der Waals surface area contributed by atoms with Gasteiger partial charge in [0.05, 0.1) is 23.5 Å². The van der Waals surface area contributed by atoms with Crippen LogP contribution in [0.25, 0.3) is 0 Å². The number of likely N-dealkylation sites (N-methyl/N-ethyl adjacent to an activating group) is 1. The van der Waals surface area contributed by atoms with Crippen LogP contribution in [0.5, 0.6) is 0 Å². The zero-order valence-electron chi connectivity index (χ0n) is 34.9. The van der Waals surface area contributed by atoms with Crippen LogP contribution in [0.2, 0.25) is 0 Å². The predicted molar refractivity (Wildman–Crippen MR) is 225 cm³/mol. The van der Waals surface area contributed by atoms with Gasteiger partial charge in [0.25, 0.3) is 38.0 Å². The molecule has 0 radical (unpaired) electrons. The molecule has 1 fully saturated rings. The Hall–Kier alpha value is -5.08. The maximum Gasteiger partial charge on any atom is 0.333 e. The molecule has 19 heteroatoms. The summed E-state index contributed by atoms with van der Waals surface area (Å²) in [5.41, 5.74) is 2.39. The van der Waals surface area contributed by atoms with Crippen LogP contribution in [0.3, 0.4) is 0 Å². The fraction of sp³-hybridized carbons (Fsp3) is 0.463. The molecule has 0 aliphatic carbocycles. The van der Waals surface area contributed by atoms with Crippen molar-refractivity contribution in [2.45, 2.75) is 89.9 Å². The van der Waals surface area contributed by atoms with Crippen molar-refractivity contribution in [2.24, 2.45) is 15.4 Å². The molecule has 3 aliphatic heterocycles. The van der Waals surface area contributed by atoms with Gasteiger partial charge in [0.1, 0.15) is 0 Å². The number of amides is 3. The Morgan fingerprint density at radius 2 is 1.65 bits per heavy atom. The molecular weight excluding hydrogens is 819 g/mol.